The van der Waals surface area contributed by atoms with Crippen LogP contribution in [0.4, 0.5) is 0 Å². The van der Waals surface area contributed by atoms with Gasteiger partial charge in [-0.3, -0.25) is 9.79 Å². The minimum atomic E-state index is -0.0639. The Bertz CT molecular complexity index is 574. The van der Waals surface area contributed by atoms with Crippen LogP contribution in [0.2, 0.25) is 0 Å². The summed E-state index contributed by atoms with van der Waals surface area (Å²) in [6, 6.07) is 9.22. The van der Waals surface area contributed by atoms with Crippen molar-refractivity contribution in [3.05, 3.63) is 35.9 Å². The van der Waals surface area contributed by atoms with Crippen LogP contribution in [-0.4, -0.2) is 64.5 Å². The van der Waals surface area contributed by atoms with Gasteiger partial charge in [-0.05, 0) is 44.2 Å². The molecule has 1 amide bonds. The third kappa shape index (κ3) is 9.19. The first kappa shape index (κ1) is 22.2. The van der Waals surface area contributed by atoms with E-state index in [9.17, 15) is 4.79 Å². The molecule has 0 bridgehead atoms. The van der Waals surface area contributed by atoms with Gasteiger partial charge in [-0.25, -0.2) is 0 Å². The van der Waals surface area contributed by atoms with Crippen molar-refractivity contribution in [1.29, 1.82) is 0 Å². The summed E-state index contributed by atoms with van der Waals surface area (Å²) in [6.07, 6.45) is 3.10. The summed E-state index contributed by atoms with van der Waals surface area (Å²) in [5.41, 5.74) is 0.670. The summed E-state index contributed by atoms with van der Waals surface area (Å²) in [4.78, 5) is 16.6. The van der Waals surface area contributed by atoms with Crippen LogP contribution >= 0.6 is 0 Å². The van der Waals surface area contributed by atoms with E-state index in [0.717, 1.165) is 58.2 Å². The zero-order valence-electron chi connectivity index (χ0n) is 16.9. The minimum absolute atomic E-state index is 0.0639. The maximum Gasteiger partial charge on any atom is 0.251 e. The topological polar surface area (TPSA) is 84.0 Å². The number of aliphatic imine (C=N–C) groups is 1. The molecule has 1 aliphatic rings. The molecule has 1 heterocycles. The van der Waals surface area contributed by atoms with Gasteiger partial charge in [0, 0.05) is 58.2 Å². The maximum absolute atomic E-state index is 12.0. The first-order valence-electron chi connectivity index (χ1n) is 10.3. The highest BCUT2D eigenvalue weighted by atomic mass is 16.5. The van der Waals surface area contributed by atoms with Gasteiger partial charge in [-0.1, -0.05) is 18.2 Å². The van der Waals surface area contributed by atoms with Crippen molar-refractivity contribution in [3.63, 3.8) is 0 Å². The first-order chi connectivity index (χ1) is 13.8. The van der Waals surface area contributed by atoms with Gasteiger partial charge < -0.3 is 25.4 Å². The van der Waals surface area contributed by atoms with E-state index in [-0.39, 0.29) is 5.91 Å². The Balaban J connectivity index is 1.56. The molecule has 0 atom stereocenters. The molecule has 0 aromatic heterocycles. The van der Waals surface area contributed by atoms with Crippen molar-refractivity contribution in [1.82, 2.24) is 16.0 Å². The molecule has 0 saturated carbocycles. The van der Waals surface area contributed by atoms with Crippen molar-refractivity contribution < 1.29 is 14.3 Å². The summed E-state index contributed by atoms with van der Waals surface area (Å²) >= 11 is 0. The number of carbonyl (C=O) groups is 1. The Hall–Kier alpha value is -2.12. The molecule has 7 heteroatoms. The van der Waals surface area contributed by atoms with E-state index in [1.807, 2.05) is 25.1 Å². The number of nitrogens with zero attached hydrogens (tertiary/aromatic N) is 1. The van der Waals surface area contributed by atoms with Crippen molar-refractivity contribution in [2.24, 2.45) is 10.9 Å². The second-order valence-electron chi connectivity index (χ2n) is 6.79. The number of amides is 1. The van der Waals surface area contributed by atoms with Crippen LogP contribution in [0.5, 0.6) is 0 Å². The standard InChI is InChI=1S/C21H34N4O3/c1-2-22-21(24-11-6-14-28-17-18-9-15-27-16-10-18)25-13-12-23-20(26)19-7-4-3-5-8-19/h3-5,7-8,18H,2,6,9-17H2,1H3,(H,23,26)(H2,22,24,25). The molecule has 3 N–H and O–H groups in total. The van der Waals surface area contributed by atoms with E-state index in [2.05, 4.69) is 20.9 Å². The minimum Gasteiger partial charge on any atom is -0.381 e. The lowest BCUT2D eigenvalue weighted by Gasteiger charge is -2.21. The fourth-order valence-corrected chi connectivity index (χ4v) is 2.91. The molecule has 1 aromatic carbocycles. The summed E-state index contributed by atoms with van der Waals surface area (Å²) in [6.45, 7) is 7.97. The van der Waals surface area contributed by atoms with Gasteiger partial charge in [0.25, 0.3) is 5.91 Å². The lowest BCUT2D eigenvalue weighted by atomic mass is 10.0. The van der Waals surface area contributed by atoms with E-state index < -0.39 is 0 Å². The molecule has 2 rings (SSSR count). The molecule has 1 fully saturated rings. The monoisotopic (exact) mass is 390 g/mol. The molecule has 0 radical (unpaired) electrons. The van der Waals surface area contributed by atoms with Gasteiger partial charge >= 0.3 is 0 Å². The molecule has 1 aliphatic heterocycles. The van der Waals surface area contributed by atoms with E-state index in [0.29, 0.717) is 31.1 Å². The first-order valence-corrected chi connectivity index (χ1v) is 10.3. The Kier molecular flexibility index (Phi) is 11.1. The van der Waals surface area contributed by atoms with Gasteiger partial charge in [-0.2, -0.15) is 0 Å². The number of hydrogen-bond acceptors (Lipinski definition) is 4. The van der Waals surface area contributed by atoms with Crippen LogP contribution < -0.4 is 16.0 Å². The number of benzene rings is 1. The Morgan fingerprint density at radius 1 is 1.14 bits per heavy atom. The molecule has 0 unspecified atom stereocenters. The third-order valence-corrected chi connectivity index (χ3v) is 4.49. The van der Waals surface area contributed by atoms with Crippen molar-refractivity contribution >= 4 is 11.9 Å². The SMILES string of the molecule is CCNC(=NCCCOCC1CCOCC1)NCCNC(=O)c1ccccc1. The van der Waals surface area contributed by atoms with Gasteiger partial charge in [0.15, 0.2) is 5.96 Å². The molecule has 0 aliphatic carbocycles. The third-order valence-electron chi connectivity index (χ3n) is 4.49. The zero-order chi connectivity index (χ0) is 19.9. The number of rotatable bonds is 11. The number of hydrogen-bond donors (Lipinski definition) is 3. The smallest absolute Gasteiger partial charge is 0.251 e. The number of guanidine groups is 1. The zero-order valence-corrected chi connectivity index (χ0v) is 16.9. The number of nitrogens with one attached hydrogen (secondary N) is 3. The Morgan fingerprint density at radius 3 is 2.64 bits per heavy atom. The molecule has 156 valence electrons. The van der Waals surface area contributed by atoms with Crippen LogP contribution in [0.3, 0.4) is 0 Å². The molecule has 7 nitrogen and oxygen atoms in total. The quantitative estimate of drug-likeness (QED) is 0.305. The number of ether oxygens (including phenoxy) is 2. The second-order valence-corrected chi connectivity index (χ2v) is 6.79. The molecule has 0 spiro atoms. The predicted molar refractivity (Wildman–Crippen MR) is 112 cm³/mol. The van der Waals surface area contributed by atoms with Crippen LogP contribution in [-0.2, 0) is 9.47 Å². The van der Waals surface area contributed by atoms with Crippen LogP contribution in [0.15, 0.2) is 35.3 Å². The van der Waals surface area contributed by atoms with E-state index in [4.69, 9.17) is 9.47 Å². The second kappa shape index (κ2) is 14.0. The molecular weight excluding hydrogens is 356 g/mol. The van der Waals surface area contributed by atoms with Crippen LogP contribution in [0.25, 0.3) is 0 Å². The predicted octanol–water partition coefficient (Wildman–Crippen LogP) is 1.80. The lowest BCUT2D eigenvalue weighted by molar-refractivity contribution is 0.0205. The molecule has 28 heavy (non-hydrogen) atoms. The molecular formula is C21H34N4O3. The lowest BCUT2D eigenvalue weighted by Crippen LogP contribution is -2.41. The highest BCUT2D eigenvalue weighted by Crippen LogP contribution is 2.14. The van der Waals surface area contributed by atoms with Gasteiger partial charge in [0.1, 0.15) is 0 Å². The largest absolute Gasteiger partial charge is 0.381 e. The molecule has 1 aromatic rings. The average molecular weight is 391 g/mol. The summed E-state index contributed by atoms with van der Waals surface area (Å²) in [5, 5.41) is 9.35. The van der Waals surface area contributed by atoms with Gasteiger partial charge in [0.2, 0.25) is 0 Å². The molecule has 1 saturated heterocycles. The van der Waals surface area contributed by atoms with Crippen LogP contribution in [0, 0.1) is 5.92 Å². The Labute approximate surface area is 168 Å². The van der Waals surface area contributed by atoms with E-state index in [1.165, 1.54) is 0 Å². The normalized spacial score (nSPS) is 15.2. The van der Waals surface area contributed by atoms with Crippen LogP contribution in [0.1, 0.15) is 36.5 Å². The summed E-state index contributed by atoms with van der Waals surface area (Å²) in [5.74, 6) is 1.34. The fourth-order valence-electron chi connectivity index (χ4n) is 2.91. The van der Waals surface area contributed by atoms with Gasteiger partial charge in [-0.15, -0.1) is 0 Å². The van der Waals surface area contributed by atoms with E-state index >= 15 is 0 Å². The van der Waals surface area contributed by atoms with Gasteiger partial charge in [0.05, 0.1) is 0 Å². The fraction of sp³-hybridized carbons (Fsp3) is 0.619. The maximum atomic E-state index is 12.0. The van der Waals surface area contributed by atoms with Crippen molar-refractivity contribution in [2.75, 3.05) is 52.6 Å². The van der Waals surface area contributed by atoms with E-state index in [1.54, 1.807) is 12.1 Å². The average Bonchev–Trinajstić information content (AvgIpc) is 2.74. The highest BCUT2D eigenvalue weighted by molar-refractivity contribution is 5.94. The van der Waals surface area contributed by atoms with Crippen molar-refractivity contribution in [2.45, 2.75) is 26.2 Å². The number of carbonyl (C=O) groups excluding carboxylic acids is 1. The highest BCUT2D eigenvalue weighted by Gasteiger charge is 2.13. The van der Waals surface area contributed by atoms with Crippen molar-refractivity contribution in [3.8, 4) is 0 Å². The summed E-state index contributed by atoms with van der Waals surface area (Å²) < 4.78 is 11.1. The summed E-state index contributed by atoms with van der Waals surface area (Å²) in [7, 11) is 0. The Morgan fingerprint density at radius 2 is 1.89 bits per heavy atom.